The maximum absolute atomic E-state index is 13.1. The standard InChI is InChI=1S/C21H21N3O9S/c25-15-11-17(23(12-15)34(31,32)18-9-5-4-8-16(18)24(29)30)21(28)33-13-20(27)22-19(26)10-14-6-2-1-3-7-14/h1-9,15,17,25H,10-13H2,(H,22,26,27). The van der Waals surface area contributed by atoms with Crippen molar-refractivity contribution in [2.24, 2.45) is 0 Å². The maximum Gasteiger partial charge on any atom is 0.325 e. The van der Waals surface area contributed by atoms with Gasteiger partial charge in [0, 0.05) is 19.0 Å². The molecule has 3 rings (SSSR count). The van der Waals surface area contributed by atoms with Crippen LogP contribution >= 0.6 is 0 Å². The van der Waals surface area contributed by atoms with E-state index in [1.54, 1.807) is 30.3 Å². The van der Waals surface area contributed by atoms with Gasteiger partial charge < -0.3 is 9.84 Å². The summed E-state index contributed by atoms with van der Waals surface area (Å²) in [6.45, 7) is -1.35. The quantitative estimate of drug-likeness (QED) is 0.296. The van der Waals surface area contributed by atoms with Gasteiger partial charge in [-0.1, -0.05) is 42.5 Å². The highest BCUT2D eigenvalue weighted by atomic mass is 32.2. The second-order valence-electron chi connectivity index (χ2n) is 7.45. The van der Waals surface area contributed by atoms with Crippen molar-refractivity contribution in [1.29, 1.82) is 0 Å². The average molecular weight is 491 g/mol. The van der Waals surface area contributed by atoms with E-state index >= 15 is 0 Å². The number of para-hydroxylation sites is 1. The molecular formula is C21H21N3O9S. The Bertz CT molecular complexity index is 1200. The van der Waals surface area contributed by atoms with Crippen LogP contribution in [0.1, 0.15) is 12.0 Å². The van der Waals surface area contributed by atoms with Crippen LogP contribution in [0.15, 0.2) is 59.5 Å². The van der Waals surface area contributed by atoms with Crippen molar-refractivity contribution in [2.75, 3.05) is 13.2 Å². The summed E-state index contributed by atoms with van der Waals surface area (Å²) in [5.41, 5.74) is -0.0205. The monoisotopic (exact) mass is 491 g/mol. The SMILES string of the molecule is O=C(COC(=O)C1CC(O)CN1S(=O)(=O)c1ccccc1[N+](=O)[O-])NC(=O)Cc1ccccc1. The molecule has 1 saturated heterocycles. The molecule has 180 valence electrons. The summed E-state index contributed by atoms with van der Waals surface area (Å²) in [7, 11) is -4.56. The number of esters is 1. The molecule has 2 N–H and O–H groups in total. The van der Waals surface area contributed by atoms with E-state index in [2.05, 4.69) is 5.32 Å². The fourth-order valence-electron chi connectivity index (χ4n) is 3.47. The van der Waals surface area contributed by atoms with Crippen LogP contribution in [-0.2, 0) is 35.6 Å². The van der Waals surface area contributed by atoms with E-state index < -0.39 is 68.6 Å². The van der Waals surface area contributed by atoms with Crippen molar-refractivity contribution in [2.45, 2.75) is 29.9 Å². The number of aliphatic hydroxyl groups excluding tert-OH is 1. The molecule has 2 aromatic carbocycles. The first-order valence-electron chi connectivity index (χ1n) is 10.1. The molecule has 2 atom stereocenters. The summed E-state index contributed by atoms with van der Waals surface area (Å²) in [6, 6.07) is 11.7. The number of amides is 2. The summed E-state index contributed by atoms with van der Waals surface area (Å²) in [6.07, 6.45) is -1.62. The second-order valence-corrected chi connectivity index (χ2v) is 9.31. The van der Waals surface area contributed by atoms with Crippen LogP contribution in [-0.4, -0.2) is 65.8 Å². The molecule has 34 heavy (non-hydrogen) atoms. The van der Waals surface area contributed by atoms with Crippen LogP contribution in [0.4, 0.5) is 5.69 Å². The average Bonchev–Trinajstić information content (AvgIpc) is 3.20. The van der Waals surface area contributed by atoms with Gasteiger partial charge in [0.25, 0.3) is 21.6 Å². The number of carbonyl (C=O) groups is 3. The molecule has 1 aliphatic heterocycles. The van der Waals surface area contributed by atoms with Gasteiger partial charge in [-0.25, -0.2) is 8.42 Å². The van der Waals surface area contributed by atoms with E-state index in [-0.39, 0.29) is 12.8 Å². The lowest BCUT2D eigenvalue weighted by Gasteiger charge is -2.22. The Kier molecular flexibility index (Phi) is 7.71. The van der Waals surface area contributed by atoms with Crippen LogP contribution in [0.25, 0.3) is 0 Å². The molecule has 0 radical (unpaired) electrons. The third-order valence-corrected chi connectivity index (χ3v) is 6.91. The number of β-amino-alcohol motifs (C(OH)–C–C–N with tert-alkyl or cyclic N) is 1. The van der Waals surface area contributed by atoms with Crippen LogP contribution in [0, 0.1) is 10.1 Å². The number of imide groups is 1. The number of nitrogens with one attached hydrogen (secondary N) is 1. The molecule has 1 aliphatic rings. The molecule has 0 spiro atoms. The fourth-order valence-corrected chi connectivity index (χ4v) is 5.25. The molecule has 0 bridgehead atoms. The summed E-state index contributed by atoms with van der Waals surface area (Å²) in [4.78, 5) is 46.2. The smallest absolute Gasteiger partial charge is 0.325 e. The fraction of sp³-hybridized carbons (Fsp3) is 0.286. The Morgan fingerprint density at radius 2 is 1.74 bits per heavy atom. The molecule has 12 nitrogen and oxygen atoms in total. The van der Waals surface area contributed by atoms with Crippen LogP contribution in [0.2, 0.25) is 0 Å². The van der Waals surface area contributed by atoms with E-state index in [9.17, 15) is 38.0 Å². The molecule has 0 aromatic heterocycles. The molecule has 0 saturated carbocycles. The third kappa shape index (κ3) is 5.81. The molecule has 13 heteroatoms. The lowest BCUT2D eigenvalue weighted by atomic mass is 10.1. The number of hydrogen-bond donors (Lipinski definition) is 2. The minimum atomic E-state index is -4.56. The van der Waals surface area contributed by atoms with Crippen molar-refractivity contribution < 1.29 is 37.6 Å². The Hall–Kier alpha value is -3.68. The molecule has 1 fully saturated rings. The molecule has 0 aliphatic carbocycles. The summed E-state index contributed by atoms with van der Waals surface area (Å²) in [5.74, 6) is -2.67. The lowest BCUT2D eigenvalue weighted by Crippen LogP contribution is -2.43. The molecule has 1 heterocycles. The number of nitro groups is 1. The first-order valence-corrected chi connectivity index (χ1v) is 11.5. The third-order valence-electron chi connectivity index (χ3n) is 4.99. The number of nitro benzene ring substituents is 1. The lowest BCUT2D eigenvalue weighted by molar-refractivity contribution is -0.387. The summed E-state index contributed by atoms with van der Waals surface area (Å²) in [5, 5.41) is 23.3. The van der Waals surface area contributed by atoms with Gasteiger partial charge in [-0.05, 0) is 11.6 Å². The van der Waals surface area contributed by atoms with Crippen LogP contribution in [0.3, 0.4) is 0 Å². The number of aliphatic hydroxyl groups is 1. The first-order chi connectivity index (χ1) is 16.1. The number of benzene rings is 2. The minimum absolute atomic E-state index is 0.0722. The van der Waals surface area contributed by atoms with E-state index in [0.717, 1.165) is 12.1 Å². The zero-order chi connectivity index (χ0) is 24.9. The predicted molar refractivity (Wildman–Crippen MR) is 116 cm³/mol. The molecule has 2 aromatic rings. The first kappa shape index (κ1) is 25.0. The number of hydrogen-bond acceptors (Lipinski definition) is 9. The Morgan fingerprint density at radius 3 is 2.41 bits per heavy atom. The van der Waals surface area contributed by atoms with Crippen LogP contribution < -0.4 is 5.32 Å². The topological polar surface area (TPSA) is 173 Å². The van der Waals surface area contributed by atoms with Crippen molar-refractivity contribution in [3.8, 4) is 0 Å². The summed E-state index contributed by atoms with van der Waals surface area (Å²) < 4.78 is 31.6. The Labute approximate surface area is 194 Å². The number of ether oxygens (including phenoxy) is 1. The summed E-state index contributed by atoms with van der Waals surface area (Å²) >= 11 is 0. The molecular weight excluding hydrogens is 470 g/mol. The van der Waals surface area contributed by atoms with Crippen LogP contribution in [0.5, 0.6) is 0 Å². The van der Waals surface area contributed by atoms with Gasteiger partial charge in [0.1, 0.15) is 6.04 Å². The van der Waals surface area contributed by atoms with Crippen molar-refractivity contribution >= 4 is 33.5 Å². The van der Waals surface area contributed by atoms with Gasteiger partial charge in [0.2, 0.25) is 5.91 Å². The largest absolute Gasteiger partial charge is 0.454 e. The van der Waals surface area contributed by atoms with E-state index in [0.29, 0.717) is 9.87 Å². The Morgan fingerprint density at radius 1 is 1.09 bits per heavy atom. The van der Waals surface area contributed by atoms with Crippen molar-refractivity contribution in [1.82, 2.24) is 9.62 Å². The Balaban J connectivity index is 1.65. The minimum Gasteiger partial charge on any atom is -0.454 e. The van der Waals surface area contributed by atoms with E-state index in [4.69, 9.17) is 4.74 Å². The van der Waals surface area contributed by atoms with Crippen molar-refractivity contribution in [3.63, 3.8) is 0 Å². The predicted octanol–water partition coefficient (Wildman–Crippen LogP) is 0.147. The van der Waals surface area contributed by atoms with Gasteiger partial charge in [-0.15, -0.1) is 0 Å². The zero-order valence-corrected chi connectivity index (χ0v) is 18.5. The normalized spacial score (nSPS) is 18.3. The van der Waals surface area contributed by atoms with Gasteiger partial charge in [-0.3, -0.25) is 29.8 Å². The molecule has 2 unspecified atom stereocenters. The van der Waals surface area contributed by atoms with Crippen molar-refractivity contribution in [3.05, 3.63) is 70.3 Å². The maximum atomic E-state index is 13.1. The van der Waals surface area contributed by atoms with E-state index in [1.807, 2.05) is 0 Å². The molecule has 2 amide bonds. The highest BCUT2D eigenvalue weighted by Crippen LogP contribution is 2.31. The number of sulfonamides is 1. The van der Waals surface area contributed by atoms with Gasteiger partial charge in [0.15, 0.2) is 11.5 Å². The number of nitrogens with zero attached hydrogens (tertiary/aromatic N) is 2. The highest BCUT2D eigenvalue weighted by molar-refractivity contribution is 7.89. The van der Waals surface area contributed by atoms with Gasteiger partial charge in [-0.2, -0.15) is 4.31 Å². The van der Waals surface area contributed by atoms with Gasteiger partial charge >= 0.3 is 5.97 Å². The number of carbonyl (C=O) groups excluding carboxylic acids is 3. The second kappa shape index (κ2) is 10.5. The zero-order valence-electron chi connectivity index (χ0n) is 17.7. The number of rotatable bonds is 8. The van der Waals surface area contributed by atoms with E-state index in [1.165, 1.54) is 12.1 Å². The van der Waals surface area contributed by atoms with Gasteiger partial charge in [0.05, 0.1) is 17.4 Å². The highest BCUT2D eigenvalue weighted by Gasteiger charge is 2.46.